The zero-order chi connectivity index (χ0) is 22.5. The van der Waals surface area contributed by atoms with E-state index in [1.165, 1.54) is 27.8 Å². The number of hydrogen-bond acceptors (Lipinski definition) is 0. The van der Waals surface area contributed by atoms with E-state index in [1.54, 1.807) is 0 Å². The number of nitrogens with zero attached hydrogens (tertiary/aromatic N) is 2. The number of hydrogen-bond donors (Lipinski definition) is 0. The maximum atomic E-state index is 5.33. The van der Waals surface area contributed by atoms with Crippen molar-refractivity contribution >= 4 is 11.4 Å². The summed E-state index contributed by atoms with van der Waals surface area (Å²) in [6, 6.07) is 47.5. The summed E-state index contributed by atoms with van der Waals surface area (Å²) in [6.45, 7) is 0. The van der Waals surface area contributed by atoms with Gasteiger partial charge in [0.05, 0.1) is 0 Å². The van der Waals surface area contributed by atoms with Crippen LogP contribution in [0, 0.1) is 0 Å². The fourth-order valence-electron chi connectivity index (χ4n) is 5.72. The van der Waals surface area contributed by atoms with Gasteiger partial charge in [-0.2, -0.15) is 0 Å². The van der Waals surface area contributed by atoms with Crippen molar-refractivity contribution in [3.05, 3.63) is 167 Å². The van der Waals surface area contributed by atoms with Crippen LogP contribution in [0.2, 0.25) is 0 Å². The van der Waals surface area contributed by atoms with E-state index < -0.39 is 5.54 Å². The van der Waals surface area contributed by atoms with Crippen molar-refractivity contribution in [1.29, 1.82) is 0 Å². The molecule has 7 rings (SSSR count). The first-order valence-corrected chi connectivity index (χ1v) is 11.7. The van der Waals surface area contributed by atoms with Crippen molar-refractivity contribution in [2.75, 3.05) is 0 Å². The zero-order valence-electron chi connectivity index (χ0n) is 18.6. The topological polar surface area (TPSA) is 17.1 Å². The Morgan fingerprint density at radius 1 is 0.471 bits per heavy atom. The average Bonchev–Trinajstić information content (AvgIpc) is 3.40. The molecule has 2 nitrogen and oxygen atoms in total. The van der Waals surface area contributed by atoms with Crippen LogP contribution in [0.4, 0.5) is 5.69 Å². The Labute approximate surface area is 199 Å². The van der Waals surface area contributed by atoms with E-state index in [4.69, 9.17) is 5.43 Å². The van der Waals surface area contributed by atoms with E-state index in [0.717, 1.165) is 22.5 Å². The highest BCUT2D eigenvalue weighted by Gasteiger charge is 2.55. The van der Waals surface area contributed by atoms with Gasteiger partial charge in [-0.3, -0.25) is 0 Å². The number of benzene rings is 5. The van der Waals surface area contributed by atoms with Crippen LogP contribution in [0.3, 0.4) is 0 Å². The molecular weight excluding hydrogens is 412 g/mol. The molecule has 0 fully saturated rings. The van der Waals surface area contributed by atoms with Gasteiger partial charge in [-0.05, 0) is 35.4 Å². The van der Waals surface area contributed by atoms with Gasteiger partial charge in [0.25, 0.3) is 0 Å². The molecule has 5 aromatic rings. The van der Waals surface area contributed by atoms with Crippen molar-refractivity contribution < 1.29 is 4.68 Å². The van der Waals surface area contributed by atoms with Gasteiger partial charge in [-0.1, -0.05) is 115 Å². The summed E-state index contributed by atoms with van der Waals surface area (Å²) in [4.78, 5) is 0. The van der Waals surface area contributed by atoms with Gasteiger partial charge in [0.2, 0.25) is 11.3 Å². The van der Waals surface area contributed by atoms with Gasteiger partial charge in [-0.25, -0.2) is 4.68 Å². The summed E-state index contributed by atoms with van der Waals surface area (Å²) in [5, 5.41) is 0. The highest BCUT2D eigenvalue weighted by atomic mass is 15.5. The van der Waals surface area contributed by atoms with Crippen molar-refractivity contribution in [3.8, 4) is 11.1 Å². The molecule has 2 aliphatic rings. The van der Waals surface area contributed by atoms with Crippen LogP contribution in [0.25, 0.3) is 16.6 Å². The molecule has 1 aliphatic heterocycles. The Balaban J connectivity index is 1.69. The smallest absolute Gasteiger partial charge is 0.235 e. The van der Waals surface area contributed by atoms with Crippen LogP contribution in [-0.4, -0.2) is 10.4 Å². The minimum atomic E-state index is -0.537. The van der Waals surface area contributed by atoms with Crippen LogP contribution in [-0.2, 0) is 5.54 Å². The van der Waals surface area contributed by atoms with E-state index in [0.29, 0.717) is 0 Å². The summed E-state index contributed by atoms with van der Waals surface area (Å²) in [5.41, 5.74) is 15.5. The highest BCUT2D eigenvalue weighted by molar-refractivity contribution is 6.10. The van der Waals surface area contributed by atoms with Crippen molar-refractivity contribution in [2.45, 2.75) is 5.54 Å². The lowest BCUT2D eigenvalue weighted by Crippen LogP contribution is -2.38. The third kappa shape index (κ3) is 2.48. The van der Waals surface area contributed by atoms with E-state index in [2.05, 4.69) is 138 Å². The summed E-state index contributed by atoms with van der Waals surface area (Å²) in [7, 11) is 0. The van der Waals surface area contributed by atoms with Gasteiger partial charge in [0.1, 0.15) is 0 Å². The molecule has 1 spiro atoms. The van der Waals surface area contributed by atoms with Gasteiger partial charge in [0.15, 0.2) is 0 Å². The zero-order valence-corrected chi connectivity index (χ0v) is 18.6. The molecule has 0 saturated carbocycles. The van der Waals surface area contributed by atoms with Crippen molar-refractivity contribution in [1.82, 2.24) is 0 Å². The maximum Gasteiger partial charge on any atom is 0.235 e. The first-order valence-electron chi connectivity index (χ1n) is 11.7. The number of fused-ring (bicyclic) bond motifs is 7. The standard InChI is InChI=1S/C32H22N2/c1-3-13-23(14-4-1)31(24-15-5-2-6-16-24)34-32(29-21-11-12-22-30(29)33-34)27-19-9-7-17-25(27)26-18-8-10-20-28(26)32/h1-22H. The predicted molar refractivity (Wildman–Crippen MR) is 138 cm³/mol. The van der Waals surface area contributed by atoms with Gasteiger partial charge < -0.3 is 5.43 Å². The van der Waals surface area contributed by atoms with Gasteiger partial charge >= 0.3 is 0 Å². The predicted octanol–water partition coefficient (Wildman–Crippen LogP) is 7.44. The molecule has 0 saturated heterocycles. The molecule has 160 valence electrons. The lowest BCUT2D eigenvalue weighted by atomic mass is 9.80. The fraction of sp³-hybridized carbons (Fsp3) is 0.0312. The fourth-order valence-corrected chi connectivity index (χ4v) is 5.72. The maximum absolute atomic E-state index is 5.33. The molecule has 0 amide bonds. The first-order chi connectivity index (χ1) is 16.9. The summed E-state index contributed by atoms with van der Waals surface area (Å²) in [5.74, 6) is 0. The molecule has 0 unspecified atom stereocenters. The van der Waals surface area contributed by atoms with E-state index in [1.807, 2.05) is 0 Å². The average molecular weight is 435 g/mol. The highest BCUT2D eigenvalue weighted by Crippen LogP contribution is 2.60. The van der Waals surface area contributed by atoms with Crippen LogP contribution in [0.15, 0.2) is 133 Å². The van der Waals surface area contributed by atoms with Crippen LogP contribution < -0.4 is 0 Å². The van der Waals surface area contributed by atoms with E-state index >= 15 is 0 Å². The third-order valence-electron chi connectivity index (χ3n) is 7.05. The Kier molecular flexibility index (Phi) is 4.09. The van der Waals surface area contributed by atoms with E-state index in [-0.39, 0.29) is 0 Å². The van der Waals surface area contributed by atoms with Crippen molar-refractivity contribution in [2.24, 2.45) is 0 Å². The molecule has 0 aromatic heterocycles. The molecule has 2 heteroatoms. The minimum absolute atomic E-state index is 0.537. The molecule has 1 aliphatic carbocycles. The van der Waals surface area contributed by atoms with Crippen LogP contribution >= 0.6 is 0 Å². The van der Waals surface area contributed by atoms with Crippen LogP contribution in [0.1, 0.15) is 27.8 Å². The lowest BCUT2D eigenvalue weighted by molar-refractivity contribution is -0.534. The molecule has 34 heavy (non-hydrogen) atoms. The molecule has 0 N–H and O–H groups in total. The van der Waals surface area contributed by atoms with Crippen molar-refractivity contribution in [3.63, 3.8) is 0 Å². The van der Waals surface area contributed by atoms with Crippen LogP contribution in [0.5, 0.6) is 0 Å². The lowest BCUT2D eigenvalue weighted by Gasteiger charge is -2.30. The summed E-state index contributed by atoms with van der Waals surface area (Å²) in [6.07, 6.45) is 0. The minimum Gasteiger partial charge on any atom is -0.408 e. The Hall–Kier alpha value is -4.43. The Morgan fingerprint density at radius 3 is 1.47 bits per heavy atom. The second-order valence-electron chi connectivity index (χ2n) is 8.81. The first kappa shape index (κ1) is 19.1. The van der Waals surface area contributed by atoms with Gasteiger partial charge in [-0.15, -0.1) is 0 Å². The molecule has 0 atom stereocenters. The molecule has 1 heterocycles. The Bertz CT molecular complexity index is 1480. The molecule has 5 aromatic carbocycles. The second-order valence-corrected chi connectivity index (χ2v) is 8.81. The largest absolute Gasteiger partial charge is 0.408 e. The SMILES string of the molecule is c1ccc(C(c2ccccc2)=[N+]2[N-]c3ccccc3C23c2ccccc2-c2ccccc23)cc1. The normalized spacial score (nSPS) is 14.3. The summed E-state index contributed by atoms with van der Waals surface area (Å²) < 4.78 is 2.28. The molecule has 0 radical (unpaired) electrons. The molecule has 0 bridgehead atoms. The second kappa shape index (κ2) is 7.29. The third-order valence-corrected chi connectivity index (χ3v) is 7.05. The van der Waals surface area contributed by atoms with Gasteiger partial charge in [0, 0.05) is 27.8 Å². The quantitative estimate of drug-likeness (QED) is 0.257. The monoisotopic (exact) mass is 434 g/mol. The molecular formula is C32H22N2. The number of rotatable bonds is 2. The Morgan fingerprint density at radius 2 is 0.912 bits per heavy atom. The summed E-state index contributed by atoms with van der Waals surface area (Å²) >= 11 is 0. The van der Waals surface area contributed by atoms with E-state index in [9.17, 15) is 0 Å².